The van der Waals surface area contributed by atoms with Crippen molar-refractivity contribution >= 4 is 23.2 Å². The molecule has 1 aromatic rings. The van der Waals surface area contributed by atoms with Gasteiger partial charge in [-0.05, 0) is 37.0 Å². The molecule has 1 unspecified atom stereocenters. The second-order valence-corrected chi connectivity index (χ2v) is 5.70. The van der Waals surface area contributed by atoms with Crippen LogP contribution in [-0.4, -0.2) is 38.3 Å². The number of benzene rings is 1. The van der Waals surface area contributed by atoms with Crippen molar-refractivity contribution in [3.8, 4) is 0 Å². The zero-order valence-corrected chi connectivity index (χ0v) is 12.2. The van der Waals surface area contributed by atoms with Crippen molar-refractivity contribution < 1.29 is 9.53 Å². The molecule has 2 aliphatic rings. The molecule has 108 valence electrons. The van der Waals surface area contributed by atoms with Crippen molar-refractivity contribution in [1.82, 2.24) is 5.32 Å². The van der Waals surface area contributed by atoms with Crippen LogP contribution in [0.2, 0.25) is 5.02 Å². The second kappa shape index (κ2) is 6.02. The molecule has 20 heavy (non-hydrogen) atoms. The number of amides is 1. The van der Waals surface area contributed by atoms with Crippen molar-refractivity contribution in [2.24, 2.45) is 0 Å². The molecule has 1 amide bonds. The van der Waals surface area contributed by atoms with Crippen molar-refractivity contribution in [3.63, 3.8) is 0 Å². The Balaban J connectivity index is 1.65. The zero-order valence-electron chi connectivity index (χ0n) is 11.4. The molecule has 3 rings (SSSR count). The number of nitrogens with zero attached hydrogens (tertiary/aromatic N) is 1. The first-order valence-corrected chi connectivity index (χ1v) is 7.55. The lowest BCUT2D eigenvalue weighted by atomic mass is 10.1. The lowest BCUT2D eigenvalue weighted by molar-refractivity contribution is -0.122. The van der Waals surface area contributed by atoms with Gasteiger partial charge < -0.3 is 15.0 Å². The van der Waals surface area contributed by atoms with E-state index >= 15 is 0 Å². The van der Waals surface area contributed by atoms with Gasteiger partial charge in [0.1, 0.15) is 0 Å². The molecule has 2 heterocycles. The third-order valence-corrected chi connectivity index (χ3v) is 4.19. The quantitative estimate of drug-likeness (QED) is 0.845. The van der Waals surface area contributed by atoms with Gasteiger partial charge in [0.2, 0.25) is 0 Å². The van der Waals surface area contributed by atoms with Gasteiger partial charge in [-0.1, -0.05) is 17.7 Å². The third-order valence-electron chi connectivity index (χ3n) is 3.84. The maximum atomic E-state index is 11.5. The van der Waals surface area contributed by atoms with Gasteiger partial charge in [0.15, 0.2) is 6.10 Å². The summed E-state index contributed by atoms with van der Waals surface area (Å²) in [6.07, 6.45) is 3.01. The van der Waals surface area contributed by atoms with Crippen LogP contribution in [0.4, 0.5) is 5.69 Å². The van der Waals surface area contributed by atoms with E-state index in [1.165, 1.54) is 18.5 Å². The Bertz CT molecular complexity index is 497. The minimum atomic E-state index is -0.223. The Labute approximate surface area is 124 Å². The van der Waals surface area contributed by atoms with Crippen LogP contribution in [0.15, 0.2) is 18.2 Å². The number of ether oxygens (including phenoxy) is 1. The lowest BCUT2D eigenvalue weighted by Gasteiger charge is -2.22. The molecule has 2 aliphatic heterocycles. The number of carbonyl (C=O) groups is 1. The van der Waals surface area contributed by atoms with E-state index in [-0.39, 0.29) is 12.0 Å². The molecule has 1 atom stereocenters. The first-order chi connectivity index (χ1) is 9.75. The van der Waals surface area contributed by atoms with Crippen LogP contribution in [0, 0.1) is 0 Å². The number of carbonyl (C=O) groups excluding carboxylic acids is 1. The van der Waals surface area contributed by atoms with Crippen LogP contribution in [0.3, 0.4) is 0 Å². The number of hydrogen-bond donors (Lipinski definition) is 1. The summed E-state index contributed by atoms with van der Waals surface area (Å²) in [7, 11) is 0. The molecule has 0 spiro atoms. The summed E-state index contributed by atoms with van der Waals surface area (Å²) in [4.78, 5) is 13.9. The summed E-state index contributed by atoms with van der Waals surface area (Å²) >= 11 is 6.33. The molecule has 2 saturated heterocycles. The van der Waals surface area contributed by atoms with Gasteiger partial charge in [-0.25, -0.2) is 0 Å². The molecule has 1 aromatic carbocycles. The van der Waals surface area contributed by atoms with Crippen molar-refractivity contribution in [3.05, 3.63) is 28.8 Å². The van der Waals surface area contributed by atoms with Crippen molar-refractivity contribution in [2.45, 2.75) is 25.4 Å². The molecule has 4 nitrogen and oxygen atoms in total. The van der Waals surface area contributed by atoms with Gasteiger partial charge in [0, 0.05) is 30.3 Å². The fourth-order valence-corrected chi connectivity index (χ4v) is 2.94. The van der Waals surface area contributed by atoms with Gasteiger partial charge in [0.05, 0.1) is 6.61 Å². The molecule has 0 aromatic heterocycles. The number of rotatable bonds is 5. The van der Waals surface area contributed by atoms with Gasteiger partial charge in [-0.15, -0.1) is 0 Å². The van der Waals surface area contributed by atoms with Crippen LogP contribution in [-0.2, 0) is 16.0 Å². The average Bonchev–Trinajstić information content (AvgIpc) is 3.16. The fourth-order valence-electron chi connectivity index (χ4n) is 2.67. The normalized spacial score (nSPS) is 21.1. The molecular formula is C15H19ClN2O2. The first kappa shape index (κ1) is 13.7. The molecule has 0 bridgehead atoms. The Kier molecular flexibility index (Phi) is 4.13. The molecule has 0 aliphatic carbocycles. The minimum absolute atomic E-state index is 0.0141. The van der Waals surface area contributed by atoms with Crippen molar-refractivity contribution in [2.75, 3.05) is 31.1 Å². The SMILES string of the molecule is O=C(NCCc1c(Cl)cccc1N1CCCC1)C1CO1. The van der Waals surface area contributed by atoms with E-state index < -0.39 is 0 Å². The van der Waals surface area contributed by atoms with E-state index in [1.54, 1.807) is 0 Å². The first-order valence-electron chi connectivity index (χ1n) is 7.17. The van der Waals surface area contributed by atoms with Crippen molar-refractivity contribution in [1.29, 1.82) is 0 Å². The summed E-state index contributed by atoms with van der Waals surface area (Å²) in [5.41, 5.74) is 2.35. The Morgan fingerprint density at radius 2 is 2.15 bits per heavy atom. The van der Waals surface area contributed by atoms with E-state index in [1.807, 2.05) is 12.1 Å². The third kappa shape index (κ3) is 3.07. The van der Waals surface area contributed by atoms with Crippen LogP contribution >= 0.6 is 11.6 Å². The lowest BCUT2D eigenvalue weighted by Crippen LogP contribution is -2.30. The van der Waals surface area contributed by atoms with Crippen LogP contribution in [0.1, 0.15) is 18.4 Å². The topological polar surface area (TPSA) is 44.9 Å². The summed E-state index contributed by atoms with van der Waals surface area (Å²) < 4.78 is 4.96. The van der Waals surface area contributed by atoms with Crippen LogP contribution < -0.4 is 10.2 Å². The van der Waals surface area contributed by atoms with Gasteiger partial charge in [0.25, 0.3) is 5.91 Å². The van der Waals surface area contributed by atoms with E-state index in [4.69, 9.17) is 16.3 Å². The van der Waals surface area contributed by atoms with E-state index in [0.717, 1.165) is 30.1 Å². The molecule has 5 heteroatoms. The standard InChI is InChI=1S/C15H19ClN2O2/c16-12-4-3-5-13(18-8-1-2-9-18)11(12)6-7-17-15(19)14-10-20-14/h3-5,14H,1-2,6-10H2,(H,17,19). The minimum Gasteiger partial charge on any atom is -0.371 e. The Morgan fingerprint density at radius 3 is 2.85 bits per heavy atom. The predicted molar refractivity (Wildman–Crippen MR) is 79.4 cm³/mol. The number of epoxide rings is 1. The molecule has 0 saturated carbocycles. The van der Waals surface area contributed by atoms with E-state index in [9.17, 15) is 4.79 Å². The highest BCUT2D eigenvalue weighted by Crippen LogP contribution is 2.30. The highest BCUT2D eigenvalue weighted by Gasteiger charge is 2.30. The number of nitrogens with one attached hydrogen (secondary N) is 1. The smallest absolute Gasteiger partial charge is 0.251 e. The van der Waals surface area contributed by atoms with E-state index in [0.29, 0.717) is 13.2 Å². The van der Waals surface area contributed by atoms with Crippen LogP contribution in [0.25, 0.3) is 0 Å². The maximum Gasteiger partial charge on any atom is 0.251 e. The second-order valence-electron chi connectivity index (χ2n) is 5.29. The zero-order chi connectivity index (χ0) is 13.9. The number of anilines is 1. The summed E-state index contributed by atoms with van der Waals surface area (Å²) in [6.45, 7) is 3.34. The maximum absolute atomic E-state index is 11.5. The Morgan fingerprint density at radius 1 is 1.40 bits per heavy atom. The molecular weight excluding hydrogens is 276 g/mol. The number of hydrogen-bond acceptors (Lipinski definition) is 3. The van der Waals surface area contributed by atoms with E-state index in [2.05, 4.69) is 16.3 Å². The predicted octanol–water partition coefficient (Wildman–Crippen LogP) is 2.00. The highest BCUT2D eigenvalue weighted by atomic mass is 35.5. The summed E-state index contributed by atoms with van der Waals surface area (Å²) in [6, 6.07) is 6.04. The summed E-state index contributed by atoms with van der Waals surface area (Å²) in [5.74, 6) is -0.0141. The Hall–Kier alpha value is -1.26. The average molecular weight is 295 g/mol. The molecule has 2 fully saturated rings. The molecule has 1 N–H and O–H groups in total. The van der Waals surface area contributed by atoms with Gasteiger partial charge in [-0.2, -0.15) is 0 Å². The van der Waals surface area contributed by atoms with Gasteiger partial charge in [-0.3, -0.25) is 4.79 Å². The molecule has 0 radical (unpaired) electrons. The van der Waals surface area contributed by atoms with Crippen LogP contribution in [0.5, 0.6) is 0 Å². The van der Waals surface area contributed by atoms with Gasteiger partial charge >= 0.3 is 0 Å². The highest BCUT2D eigenvalue weighted by molar-refractivity contribution is 6.31. The largest absolute Gasteiger partial charge is 0.371 e. The monoisotopic (exact) mass is 294 g/mol. The fraction of sp³-hybridized carbons (Fsp3) is 0.533. The number of halogens is 1. The summed E-state index contributed by atoms with van der Waals surface area (Å²) in [5, 5.41) is 3.68.